The molecule has 0 fully saturated rings. The number of para-hydroxylation sites is 1. The van der Waals surface area contributed by atoms with E-state index in [0.717, 1.165) is 4.90 Å². The summed E-state index contributed by atoms with van der Waals surface area (Å²) in [4.78, 5) is 12.3. The molecule has 4 nitrogen and oxygen atoms in total. The van der Waals surface area contributed by atoms with Crippen molar-refractivity contribution in [3.8, 4) is 6.07 Å². The molecule has 0 atom stereocenters. The van der Waals surface area contributed by atoms with Crippen molar-refractivity contribution in [2.45, 2.75) is 30.9 Å². The number of anilines is 1. The minimum Gasteiger partial charge on any atom is -0.450 e. The van der Waals surface area contributed by atoms with Gasteiger partial charge in [-0.3, -0.25) is 5.32 Å². The van der Waals surface area contributed by atoms with Crippen molar-refractivity contribution in [3.63, 3.8) is 0 Å². The fraction of sp³-hybridized carbons (Fsp3) is 0.385. The van der Waals surface area contributed by atoms with Gasteiger partial charge in [0.15, 0.2) is 0 Å². The number of nitrogens with zero attached hydrogens (tertiary/aromatic N) is 1. The van der Waals surface area contributed by atoms with E-state index in [9.17, 15) is 4.79 Å². The summed E-state index contributed by atoms with van der Waals surface area (Å²) in [5, 5.41) is 12.1. The van der Waals surface area contributed by atoms with Gasteiger partial charge in [-0.25, -0.2) is 4.79 Å². The Bertz CT molecular complexity index is 467. The van der Waals surface area contributed by atoms with Gasteiger partial charge >= 0.3 is 6.09 Å². The average Bonchev–Trinajstić information content (AvgIpc) is 2.31. The van der Waals surface area contributed by atoms with Crippen LogP contribution in [0.3, 0.4) is 0 Å². The van der Waals surface area contributed by atoms with Crippen LogP contribution in [0.5, 0.6) is 0 Å². The Morgan fingerprint density at radius 3 is 2.83 bits per heavy atom. The number of thioether (sulfide) groups is 1. The van der Waals surface area contributed by atoms with Gasteiger partial charge in [0.05, 0.1) is 17.9 Å². The fourth-order valence-corrected chi connectivity index (χ4v) is 2.32. The van der Waals surface area contributed by atoms with Crippen molar-refractivity contribution in [1.29, 1.82) is 5.26 Å². The molecule has 0 saturated carbocycles. The number of carbonyl (C=O) groups is 1. The highest BCUT2D eigenvalue weighted by atomic mass is 32.2. The molecule has 1 N–H and O–H groups in total. The van der Waals surface area contributed by atoms with Crippen molar-refractivity contribution in [2.75, 3.05) is 11.9 Å². The SMILES string of the molecule is CCOC(=O)Nc1c(C#N)cccc1SC(C)C. The molecule has 0 aliphatic rings. The molecule has 0 spiro atoms. The van der Waals surface area contributed by atoms with Crippen LogP contribution in [-0.2, 0) is 4.74 Å². The molecule has 0 bridgehead atoms. The van der Waals surface area contributed by atoms with Gasteiger partial charge in [-0.2, -0.15) is 5.26 Å². The molecule has 1 amide bonds. The molecule has 0 aromatic heterocycles. The van der Waals surface area contributed by atoms with E-state index in [1.165, 1.54) is 0 Å². The van der Waals surface area contributed by atoms with E-state index in [2.05, 4.69) is 25.2 Å². The molecule has 0 aliphatic carbocycles. The van der Waals surface area contributed by atoms with Crippen LogP contribution in [0.1, 0.15) is 26.3 Å². The Labute approximate surface area is 111 Å². The van der Waals surface area contributed by atoms with E-state index >= 15 is 0 Å². The molecule has 0 radical (unpaired) electrons. The van der Waals surface area contributed by atoms with Gasteiger partial charge in [0.25, 0.3) is 0 Å². The molecule has 1 aromatic rings. The van der Waals surface area contributed by atoms with Crippen LogP contribution in [0.2, 0.25) is 0 Å². The third-order valence-corrected chi connectivity index (χ3v) is 3.08. The van der Waals surface area contributed by atoms with Crippen LogP contribution in [0.4, 0.5) is 10.5 Å². The average molecular weight is 264 g/mol. The molecule has 0 unspecified atom stereocenters. The summed E-state index contributed by atoms with van der Waals surface area (Å²) >= 11 is 1.59. The van der Waals surface area contributed by atoms with Crippen LogP contribution in [-0.4, -0.2) is 18.0 Å². The van der Waals surface area contributed by atoms with E-state index in [1.807, 2.05) is 6.07 Å². The lowest BCUT2D eigenvalue weighted by molar-refractivity contribution is 0.168. The summed E-state index contributed by atoms with van der Waals surface area (Å²) in [6.07, 6.45) is -0.536. The van der Waals surface area contributed by atoms with E-state index in [1.54, 1.807) is 30.8 Å². The van der Waals surface area contributed by atoms with Crippen LogP contribution in [0, 0.1) is 11.3 Å². The maximum Gasteiger partial charge on any atom is 0.411 e. The predicted octanol–water partition coefficient (Wildman–Crippen LogP) is 3.63. The molecule has 5 heteroatoms. The lowest BCUT2D eigenvalue weighted by Gasteiger charge is -2.13. The normalized spacial score (nSPS) is 9.94. The summed E-state index contributed by atoms with van der Waals surface area (Å²) in [5.74, 6) is 0. The Kier molecular flexibility index (Phi) is 5.53. The number of benzene rings is 1. The zero-order chi connectivity index (χ0) is 13.5. The Morgan fingerprint density at radius 1 is 1.56 bits per heavy atom. The van der Waals surface area contributed by atoms with E-state index in [0.29, 0.717) is 23.1 Å². The van der Waals surface area contributed by atoms with Gasteiger partial charge in [-0.05, 0) is 19.1 Å². The lowest BCUT2D eigenvalue weighted by Crippen LogP contribution is -2.15. The number of amides is 1. The second kappa shape index (κ2) is 6.92. The maximum atomic E-state index is 11.5. The van der Waals surface area contributed by atoms with Gasteiger partial charge in [0.1, 0.15) is 6.07 Å². The number of rotatable bonds is 4. The highest BCUT2D eigenvalue weighted by Crippen LogP contribution is 2.32. The topological polar surface area (TPSA) is 62.1 Å². The molecular weight excluding hydrogens is 248 g/mol. The summed E-state index contributed by atoms with van der Waals surface area (Å²) in [5.41, 5.74) is 0.964. The second-order valence-electron chi connectivity index (χ2n) is 3.80. The van der Waals surface area contributed by atoms with Crippen molar-refractivity contribution >= 4 is 23.5 Å². The smallest absolute Gasteiger partial charge is 0.411 e. The van der Waals surface area contributed by atoms with E-state index in [4.69, 9.17) is 10.00 Å². The van der Waals surface area contributed by atoms with Crippen LogP contribution >= 0.6 is 11.8 Å². The number of nitriles is 1. The number of carbonyl (C=O) groups excluding carboxylic acids is 1. The number of ether oxygens (including phenoxy) is 1. The number of nitrogens with one attached hydrogen (secondary N) is 1. The first-order valence-electron chi connectivity index (χ1n) is 5.72. The molecule has 0 saturated heterocycles. The molecular formula is C13H16N2O2S. The number of hydrogen-bond donors (Lipinski definition) is 1. The molecule has 0 aliphatic heterocycles. The minimum absolute atomic E-state index is 0.299. The lowest BCUT2D eigenvalue weighted by atomic mass is 10.2. The molecule has 1 aromatic carbocycles. The summed E-state index contributed by atoms with van der Waals surface area (Å²) in [6, 6.07) is 7.43. The first kappa shape index (κ1) is 14.4. The first-order chi connectivity index (χ1) is 8.58. The molecule has 18 heavy (non-hydrogen) atoms. The Morgan fingerprint density at radius 2 is 2.28 bits per heavy atom. The summed E-state index contributed by atoms with van der Waals surface area (Å²) in [6.45, 7) is 6.14. The largest absolute Gasteiger partial charge is 0.450 e. The Hall–Kier alpha value is -1.67. The maximum absolute atomic E-state index is 11.5. The quantitative estimate of drug-likeness (QED) is 0.843. The minimum atomic E-state index is -0.536. The van der Waals surface area contributed by atoms with Gasteiger partial charge in [0.2, 0.25) is 0 Å². The van der Waals surface area contributed by atoms with Gasteiger partial charge in [-0.15, -0.1) is 11.8 Å². The van der Waals surface area contributed by atoms with Gasteiger partial charge in [-0.1, -0.05) is 19.9 Å². The van der Waals surface area contributed by atoms with Gasteiger partial charge in [0, 0.05) is 10.1 Å². The van der Waals surface area contributed by atoms with Crippen molar-refractivity contribution in [2.24, 2.45) is 0 Å². The van der Waals surface area contributed by atoms with E-state index in [-0.39, 0.29) is 0 Å². The zero-order valence-corrected chi connectivity index (χ0v) is 11.5. The monoisotopic (exact) mass is 264 g/mol. The third-order valence-electron chi connectivity index (χ3n) is 2.01. The third kappa shape index (κ3) is 3.97. The van der Waals surface area contributed by atoms with Crippen LogP contribution < -0.4 is 5.32 Å². The highest BCUT2D eigenvalue weighted by molar-refractivity contribution is 8.00. The van der Waals surface area contributed by atoms with Crippen molar-refractivity contribution in [1.82, 2.24) is 0 Å². The van der Waals surface area contributed by atoms with E-state index < -0.39 is 6.09 Å². The number of hydrogen-bond acceptors (Lipinski definition) is 4. The molecule has 0 heterocycles. The second-order valence-corrected chi connectivity index (χ2v) is 5.42. The van der Waals surface area contributed by atoms with Gasteiger partial charge < -0.3 is 4.74 Å². The molecule has 96 valence electrons. The van der Waals surface area contributed by atoms with Crippen LogP contribution in [0.15, 0.2) is 23.1 Å². The highest BCUT2D eigenvalue weighted by Gasteiger charge is 2.13. The van der Waals surface area contributed by atoms with Crippen LogP contribution in [0.25, 0.3) is 0 Å². The summed E-state index contributed by atoms with van der Waals surface area (Å²) < 4.78 is 4.84. The molecule has 1 rings (SSSR count). The predicted molar refractivity (Wildman–Crippen MR) is 72.8 cm³/mol. The zero-order valence-electron chi connectivity index (χ0n) is 10.7. The fourth-order valence-electron chi connectivity index (χ4n) is 1.37. The van der Waals surface area contributed by atoms with Crippen molar-refractivity contribution < 1.29 is 9.53 Å². The summed E-state index contributed by atoms with van der Waals surface area (Å²) in [7, 11) is 0. The Balaban J connectivity index is 3.04. The first-order valence-corrected chi connectivity index (χ1v) is 6.60. The van der Waals surface area contributed by atoms with Crippen molar-refractivity contribution in [3.05, 3.63) is 23.8 Å². The standard InChI is InChI=1S/C13H16N2O2S/c1-4-17-13(16)15-12-10(8-14)6-5-7-11(12)18-9(2)3/h5-7,9H,4H2,1-3H3,(H,15,16).